The number of nitrogens with one attached hydrogen (secondary N) is 1. The fourth-order valence-electron chi connectivity index (χ4n) is 3.24. The summed E-state index contributed by atoms with van der Waals surface area (Å²) in [6.07, 6.45) is 2.15. The van der Waals surface area contributed by atoms with Gasteiger partial charge in [0.05, 0.1) is 18.4 Å². The van der Waals surface area contributed by atoms with E-state index >= 15 is 0 Å². The fourth-order valence-corrected chi connectivity index (χ4v) is 3.24. The van der Waals surface area contributed by atoms with Crippen molar-refractivity contribution in [3.63, 3.8) is 0 Å². The molecule has 0 unspecified atom stereocenters. The molecule has 0 amide bonds. The van der Waals surface area contributed by atoms with Crippen LogP contribution in [0.1, 0.15) is 28.8 Å². The molecule has 5 heteroatoms. The maximum absolute atomic E-state index is 10.9. The average molecular weight is 340 g/mol. The summed E-state index contributed by atoms with van der Waals surface area (Å²) in [6, 6.07) is 15.7. The number of carboxylic acids is 1. The average Bonchev–Trinajstić information content (AvgIpc) is 2.67. The van der Waals surface area contributed by atoms with E-state index in [1.807, 2.05) is 30.3 Å². The first-order chi connectivity index (χ1) is 12.2. The first-order valence-electron chi connectivity index (χ1n) is 8.61. The molecule has 1 heterocycles. The lowest BCUT2D eigenvalue weighted by Gasteiger charge is -2.34. The van der Waals surface area contributed by atoms with Crippen LogP contribution in [0.4, 0.5) is 5.69 Å². The van der Waals surface area contributed by atoms with Crippen molar-refractivity contribution in [1.82, 2.24) is 5.32 Å². The Morgan fingerprint density at radius 2 is 1.84 bits per heavy atom. The van der Waals surface area contributed by atoms with Gasteiger partial charge in [-0.15, -0.1) is 0 Å². The van der Waals surface area contributed by atoms with Gasteiger partial charge in [-0.3, -0.25) is 0 Å². The molecular formula is C20H24N2O3. The Labute approximate surface area is 148 Å². The lowest BCUT2D eigenvalue weighted by Crippen LogP contribution is -2.42. The van der Waals surface area contributed by atoms with Crippen LogP contribution in [-0.2, 0) is 6.54 Å². The summed E-state index contributed by atoms with van der Waals surface area (Å²) in [5.74, 6) is 0.0376. The molecule has 0 aromatic heterocycles. The van der Waals surface area contributed by atoms with Crippen LogP contribution in [0.3, 0.4) is 0 Å². The van der Waals surface area contributed by atoms with Crippen molar-refractivity contribution in [2.24, 2.45) is 0 Å². The van der Waals surface area contributed by atoms with Gasteiger partial charge >= 0.3 is 5.97 Å². The van der Waals surface area contributed by atoms with Crippen molar-refractivity contribution in [3.05, 3.63) is 59.7 Å². The van der Waals surface area contributed by atoms with E-state index in [9.17, 15) is 4.79 Å². The van der Waals surface area contributed by atoms with Gasteiger partial charge in [-0.2, -0.15) is 0 Å². The number of hydrogen-bond donors (Lipinski definition) is 2. The number of carbonyl (C=O) groups is 1. The smallest absolute Gasteiger partial charge is 0.335 e. The van der Waals surface area contributed by atoms with Crippen LogP contribution >= 0.6 is 0 Å². The van der Waals surface area contributed by atoms with Crippen molar-refractivity contribution >= 4 is 11.7 Å². The predicted octanol–water partition coefficient (Wildman–Crippen LogP) is 3.15. The van der Waals surface area contributed by atoms with E-state index < -0.39 is 5.97 Å². The van der Waals surface area contributed by atoms with E-state index in [2.05, 4.69) is 16.3 Å². The Balaban J connectivity index is 1.50. The summed E-state index contributed by atoms with van der Waals surface area (Å²) in [4.78, 5) is 13.3. The second-order valence-electron chi connectivity index (χ2n) is 6.32. The number of rotatable bonds is 6. The molecule has 1 aliphatic rings. The number of hydrogen-bond acceptors (Lipinski definition) is 4. The highest BCUT2D eigenvalue weighted by molar-refractivity contribution is 5.87. The highest BCUT2D eigenvalue weighted by atomic mass is 16.5. The Bertz CT molecular complexity index is 707. The molecule has 0 spiro atoms. The lowest BCUT2D eigenvalue weighted by atomic mass is 10.0. The number of methoxy groups -OCH3 is 1. The van der Waals surface area contributed by atoms with Gasteiger partial charge in [0.15, 0.2) is 0 Å². The lowest BCUT2D eigenvalue weighted by molar-refractivity contribution is 0.0697. The Hall–Kier alpha value is -2.53. The molecule has 25 heavy (non-hydrogen) atoms. The first-order valence-corrected chi connectivity index (χ1v) is 8.61. The molecule has 0 saturated carbocycles. The van der Waals surface area contributed by atoms with Gasteiger partial charge in [0.1, 0.15) is 5.75 Å². The van der Waals surface area contributed by atoms with Gasteiger partial charge in [-0.05, 0) is 42.7 Å². The number of carboxylic acid groups (broad SMARTS) is 1. The van der Waals surface area contributed by atoms with Gasteiger partial charge < -0.3 is 20.1 Å². The van der Waals surface area contributed by atoms with E-state index in [1.165, 1.54) is 0 Å². The van der Waals surface area contributed by atoms with E-state index in [0.29, 0.717) is 11.6 Å². The molecule has 2 aromatic rings. The minimum atomic E-state index is -0.886. The molecule has 5 nitrogen and oxygen atoms in total. The van der Waals surface area contributed by atoms with Gasteiger partial charge in [-0.25, -0.2) is 4.79 Å². The van der Waals surface area contributed by atoms with Crippen LogP contribution in [0, 0.1) is 0 Å². The van der Waals surface area contributed by atoms with Crippen LogP contribution in [0.15, 0.2) is 48.5 Å². The zero-order valence-corrected chi connectivity index (χ0v) is 14.4. The number of aromatic carboxylic acids is 1. The largest absolute Gasteiger partial charge is 0.495 e. The quantitative estimate of drug-likeness (QED) is 0.846. The highest BCUT2D eigenvalue weighted by Gasteiger charge is 2.20. The molecule has 3 rings (SSSR count). The standard InChI is InChI=1S/C20H24N2O3/c1-25-19-5-3-2-4-18(19)22-12-10-17(11-13-22)21-14-15-6-8-16(9-7-15)20(23)24/h2-9,17,21H,10-14H2,1H3,(H,23,24). The van der Waals surface area contributed by atoms with Crippen LogP contribution in [0.25, 0.3) is 0 Å². The second kappa shape index (κ2) is 8.03. The molecule has 0 atom stereocenters. The van der Waals surface area contributed by atoms with Gasteiger partial charge in [0.2, 0.25) is 0 Å². The number of benzene rings is 2. The Kier molecular flexibility index (Phi) is 5.56. The molecule has 1 fully saturated rings. The van der Waals surface area contributed by atoms with E-state index in [4.69, 9.17) is 9.84 Å². The Morgan fingerprint density at radius 3 is 2.48 bits per heavy atom. The zero-order valence-electron chi connectivity index (χ0n) is 14.4. The summed E-state index contributed by atoms with van der Waals surface area (Å²) in [5.41, 5.74) is 2.60. The third kappa shape index (κ3) is 4.31. The molecule has 0 aliphatic carbocycles. The van der Waals surface area contributed by atoms with Crippen LogP contribution in [0.2, 0.25) is 0 Å². The number of ether oxygens (including phenoxy) is 1. The van der Waals surface area contributed by atoms with E-state index in [0.717, 1.165) is 49.5 Å². The van der Waals surface area contributed by atoms with Crippen molar-refractivity contribution < 1.29 is 14.6 Å². The van der Waals surface area contributed by atoms with Gasteiger partial charge in [0, 0.05) is 25.7 Å². The SMILES string of the molecule is COc1ccccc1N1CCC(NCc2ccc(C(=O)O)cc2)CC1. The van der Waals surface area contributed by atoms with E-state index in [1.54, 1.807) is 19.2 Å². The minimum absolute atomic E-state index is 0.328. The fraction of sp³-hybridized carbons (Fsp3) is 0.350. The zero-order chi connectivity index (χ0) is 17.6. The molecule has 2 aromatic carbocycles. The highest BCUT2D eigenvalue weighted by Crippen LogP contribution is 2.29. The number of nitrogens with zero attached hydrogens (tertiary/aromatic N) is 1. The molecular weight excluding hydrogens is 316 g/mol. The summed E-state index contributed by atoms with van der Waals surface area (Å²) < 4.78 is 5.46. The predicted molar refractivity (Wildman–Crippen MR) is 98.5 cm³/mol. The summed E-state index contributed by atoms with van der Waals surface area (Å²) in [6.45, 7) is 2.76. The van der Waals surface area contributed by atoms with Crippen molar-refractivity contribution in [1.29, 1.82) is 0 Å². The molecule has 1 aliphatic heterocycles. The number of para-hydroxylation sites is 2. The number of anilines is 1. The third-order valence-electron chi connectivity index (χ3n) is 4.72. The molecule has 0 bridgehead atoms. The molecule has 1 saturated heterocycles. The van der Waals surface area contributed by atoms with Crippen LogP contribution in [-0.4, -0.2) is 37.3 Å². The maximum Gasteiger partial charge on any atom is 0.335 e. The van der Waals surface area contributed by atoms with Crippen molar-refractivity contribution in [2.45, 2.75) is 25.4 Å². The van der Waals surface area contributed by atoms with Gasteiger partial charge in [-0.1, -0.05) is 24.3 Å². The Morgan fingerprint density at radius 1 is 1.16 bits per heavy atom. The minimum Gasteiger partial charge on any atom is -0.495 e. The molecule has 0 radical (unpaired) electrons. The summed E-state index contributed by atoms with van der Waals surface area (Å²) in [5, 5.41) is 12.5. The van der Waals surface area contributed by atoms with Crippen molar-refractivity contribution in [2.75, 3.05) is 25.1 Å². The van der Waals surface area contributed by atoms with Crippen LogP contribution in [0.5, 0.6) is 5.75 Å². The monoisotopic (exact) mass is 340 g/mol. The molecule has 2 N–H and O–H groups in total. The summed E-state index contributed by atoms with van der Waals surface area (Å²) >= 11 is 0. The summed E-state index contributed by atoms with van der Waals surface area (Å²) in [7, 11) is 1.71. The van der Waals surface area contributed by atoms with Crippen LogP contribution < -0.4 is 15.0 Å². The normalized spacial score (nSPS) is 15.2. The van der Waals surface area contributed by atoms with Crippen molar-refractivity contribution in [3.8, 4) is 5.75 Å². The first kappa shape index (κ1) is 17.3. The molecule has 132 valence electrons. The second-order valence-corrected chi connectivity index (χ2v) is 6.32. The van der Waals surface area contributed by atoms with E-state index in [-0.39, 0.29) is 0 Å². The number of piperidine rings is 1. The maximum atomic E-state index is 10.9. The third-order valence-corrected chi connectivity index (χ3v) is 4.72. The van der Waals surface area contributed by atoms with Gasteiger partial charge in [0.25, 0.3) is 0 Å². The topological polar surface area (TPSA) is 61.8 Å².